The molecule has 1 aliphatic heterocycles. The van der Waals surface area contributed by atoms with E-state index in [9.17, 15) is 9.59 Å². The average Bonchev–Trinajstić information content (AvgIpc) is 3.28. The van der Waals surface area contributed by atoms with Crippen molar-refractivity contribution in [3.63, 3.8) is 0 Å². The van der Waals surface area contributed by atoms with Crippen LogP contribution in [-0.4, -0.2) is 48.3 Å². The van der Waals surface area contributed by atoms with E-state index in [1.807, 2.05) is 24.8 Å². The van der Waals surface area contributed by atoms with E-state index in [1.54, 1.807) is 28.5 Å². The van der Waals surface area contributed by atoms with Crippen LogP contribution in [0.3, 0.4) is 0 Å². The number of rotatable bonds is 3. The Balaban J connectivity index is 1.53. The number of hydrogen-bond acceptors (Lipinski definition) is 4. The molecule has 0 saturated carbocycles. The molecule has 1 saturated heterocycles. The van der Waals surface area contributed by atoms with Gasteiger partial charge in [-0.25, -0.2) is 9.50 Å². The van der Waals surface area contributed by atoms with Gasteiger partial charge in [0.25, 0.3) is 11.5 Å². The van der Waals surface area contributed by atoms with Crippen LogP contribution in [0.2, 0.25) is 0 Å². The van der Waals surface area contributed by atoms with Crippen LogP contribution in [0.1, 0.15) is 53.1 Å². The largest absolute Gasteiger partial charge is 0.337 e. The number of amides is 1. The van der Waals surface area contributed by atoms with Crippen LogP contribution in [-0.2, 0) is 13.5 Å². The molecule has 1 N–H and O–H groups in total. The zero-order chi connectivity index (χ0) is 19.1. The molecule has 1 fully saturated rings. The second kappa shape index (κ2) is 6.68. The summed E-state index contributed by atoms with van der Waals surface area (Å²) in [5, 5.41) is 7.31. The van der Waals surface area contributed by atoms with Crippen molar-refractivity contribution in [2.75, 3.05) is 13.1 Å². The number of carbonyl (C=O) groups excluding carboxylic acids is 1. The highest BCUT2D eigenvalue weighted by atomic mass is 16.2. The third kappa shape index (κ3) is 2.94. The van der Waals surface area contributed by atoms with Gasteiger partial charge in [-0.1, -0.05) is 6.92 Å². The molecule has 0 atom stereocenters. The summed E-state index contributed by atoms with van der Waals surface area (Å²) in [6.45, 7) is 5.23. The smallest absolute Gasteiger partial charge is 0.276 e. The van der Waals surface area contributed by atoms with Crippen LogP contribution in [0, 0.1) is 6.92 Å². The Kier molecular flexibility index (Phi) is 4.33. The van der Waals surface area contributed by atoms with Crippen LogP contribution in [0.25, 0.3) is 5.65 Å². The summed E-state index contributed by atoms with van der Waals surface area (Å²) in [6.07, 6.45) is 4.01. The predicted molar refractivity (Wildman–Crippen MR) is 101 cm³/mol. The fourth-order valence-corrected chi connectivity index (χ4v) is 3.94. The molecule has 8 heteroatoms. The zero-order valence-electron chi connectivity index (χ0n) is 15.9. The number of piperidine rings is 1. The molecule has 4 rings (SSSR count). The molecule has 0 spiro atoms. The zero-order valence-corrected chi connectivity index (χ0v) is 15.9. The Hall–Kier alpha value is -2.90. The normalized spacial score (nSPS) is 15.6. The van der Waals surface area contributed by atoms with Crippen molar-refractivity contribution in [3.8, 4) is 0 Å². The van der Waals surface area contributed by atoms with Crippen LogP contribution in [0.15, 0.2) is 23.1 Å². The van der Waals surface area contributed by atoms with Gasteiger partial charge >= 0.3 is 0 Å². The van der Waals surface area contributed by atoms with Gasteiger partial charge in [0, 0.05) is 55.3 Å². The average molecular weight is 368 g/mol. The Bertz CT molecular complexity index is 1050. The first-order valence-corrected chi connectivity index (χ1v) is 9.38. The van der Waals surface area contributed by atoms with Crippen LogP contribution in [0.5, 0.6) is 0 Å². The molecule has 1 amide bonds. The molecule has 4 heterocycles. The monoisotopic (exact) mass is 368 g/mol. The molecule has 0 aliphatic carbocycles. The summed E-state index contributed by atoms with van der Waals surface area (Å²) in [5.74, 6) is 0.304. The number of carbonyl (C=O) groups is 1. The van der Waals surface area contributed by atoms with E-state index < -0.39 is 0 Å². The van der Waals surface area contributed by atoms with Crippen LogP contribution < -0.4 is 5.56 Å². The van der Waals surface area contributed by atoms with Gasteiger partial charge in [0.2, 0.25) is 0 Å². The predicted octanol–water partition coefficient (Wildman–Crippen LogP) is 1.65. The molecule has 0 bridgehead atoms. The summed E-state index contributed by atoms with van der Waals surface area (Å²) in [5.41, 5.74) is 3.81. The fourth-order valence-electron chi connectivity index (χ4n) is 3.94. The highest BCUT2D eigenvalue weighted by Crippen LogP contribution is 2.28. The highest BCUT2D eigenvalue weighted by molar-refractivity contribution is 5.92. The third-order valence-electron chi connectivity index (χ3n) is 5.55. The quantitative estimate of drug-likeness (QED) is 0.761. The summed E-state index contributed by atoms with van der Waals surface area (Å²) in [6, 6.07) is 3.72. The molecule has 0 aromatic carbocycles. The van der Waals surface area contributed by atoms with Crippen molar-refractivity contribution in [3.05, 3.63) is 51.3 Å². The Morgan fingerprint density at radius 1 is 1.33 bits per heavy atom. The molecule has 3 aromatic heterocycles. The Morgan fingerprint density at radius 3 is 2.70 bits per heavy atom. The minimum absolute atomic E-state index is 0.0185. The van der Waals surface area contributed by atoms with Gasteiger partial charge in [0.05, 0.1) is 0 Å². The number of aromatic amines is 1. The second-order valence-corrected chi connectivity index (χ2v) is 7.15. The number of H-pyrrole nitrogens is 1. The van der Waals surface area contributed by atoms with Crippen molar-refractivity contribution in [2.45, 2.75) is 39.0 Å². The number of fused-ring (bicyclic) bond motifs is 1. The fraction of sp³-hybridized carbons (Fsp3) is 0.474. The molecular weight excluding hydrogens is 344 g/mol. The van der Waals surface area contributed by atoms with E-state index in [2.05, 4.69) is 15.2 Å². The van der Waals surface area contributed by atoms with Crippen molar-refractivity contribution in [1.29, 1.82) is 0 Å². The molecule has 0 unspecified atom stereocenters. The lowest BCUT2D eigenvalue weighted by atomic mass is 9.93. The first-order chi connectivity index (χ1) is 13.0. The summed E-state index contributed by atoms with van der Waals surface area (Å²) in [7, 11) is 1.78. The van der Waals surface area contributed by atoms with E-state index in [0.717, 1.165) is 29.8 Å². The molecule has 142 valence electrons. The molecule has 8 nitrogen and oxygen atoms in total. The van der Waals surface area contributed by atoms with Crippen LogP contribution >= 0.6 is 0 Å². The van der Waals surface area contributed by atoms with Crippen LogP contribution in [0.4, 0.5) is 0 Å². The standard InChI is InChI=1S/C19H24N6O2/c1-4-14-12(2)21-17-11-15(22-25(17)18(14)26)13-6-9-24(10-7-13)19(27)16-5-8-20-23(16)3/h5,8,11,13,22H,4,6-7,9-10H2,1-3H3. The Labute approximate surface area is 156 Å². The number of hydrogen-bond donors (Lipinski definition) is 1. The van der Waals surface area contributed by atoms with Gasteiger partial charge in [-0.3, -0.25) is 19.4 Å². The van der Waals surface area contributed by atoms with E-state index >= 15 is 0 Å². The minimum Gasteiger partial charge on any atom is -0.337 e. The summed E-state index contributed by atoms with van der Waals surface area (Å²) < 4.78 is 3.16. The topological polar surface area (TPSA) is 88.3 Å². The first-order valence-electron chi connectivity index (χ1n) is 9.38. The molecule has 27 heavy (non-hydrogen) atoms. The van der Waals surface area contributed by atoms with E-state index in [4.69, 9.17) is 0 Å². The van der Waals surface area contributed by atoms with E-state index in [1.165, 1.54) is 0 Å². The van der Waals surface area contributed by atoms with E-state index in [-0.39, 0.29) is 17.4 Å². The van der Waals surface area contributed by atoms with Crippen molar-refractivity contribution < 1.29 is 4.79 Å². The molecule has 1 aliphatic rings. The van der Waals surface area contributed by atoms with Crippen molar-refractivity contribution in [2.24, 2.45) is 7.05 Å². The molecular formula is C19H24N6O2. The lowest BCUT2D eigenvalue weighted by Gasteiger charge is -2.31. The van der Waals surface area contributed by atoms with Gasteiger partial charge in [-0.15, -0.1) is 0 Å². The van der Waals surface area contributed by atoms with Gasteiger partial charge in [-0.2, -0.15) is 5.10 Å². The van der Waals surface area contributed by atoms with E-state index in [0.29, 0.717) is 30.9 Å². The summed E-state index contributed by atoms with van der Waals surface area (Å²) in [4.78, 5) is 31.7. The maximum Gasteiger partial charge on any atom is 0.276 e. The summed E-state index contributed by atoms with van der Waals surface area (Å²) >= 11 is 0. The van der Waals surface area contributed by atoms with Crippen molar-refractivity contribution in [1.82, 2.24) is 29.3 Å². The van der Waals surface area contributed by atoms with Gasteiger partial charge in [0.1, 0.15) is 5.69 Å². The lowest BCUT2D eigenvalue weighted by molar-refractivity contribution is 0.0701. The Morgan fingerprint density at radius 2 is 2.07 bits per heavy atom. The number of aromatic nitrogens is 5. The second-order valence-electron chi connectivity index (χ2n) is 7.15. The minimum atomic E-state index is -0.0185. The lowest BCUT2D eigenvalue weighted by Crippen LogP contribution is -2.38. The number of nitrogens with one attached hydrogen (secondary N) is 1. The molecule has 3 aromatic rings. The van der Waals surface area contributed by atoms with Crippen molar-refractivity contribution >= 4 is 11.6 Å². The number of nitrogens with zero attached hydrogens (tertiary/aromatic N) is 5. The highest BCUT2D eigenvalue weighted by Gasteiger charge is 2.27. The third-order valence-corrected chi connectivity index (χ3v) is 5.55. The number of likely N-dealkylation sites (tertiary alicyclic amines) is 1. The van der Waals surface area contributed by atoms with Gasteiger partial charge in [-0.05, 0) is 32.3 Å². The maximum absolute atomic E-state index is 12.6. The van der Waals surface area contributed by atoms with Gasteiger partial charge in [0.15, 0.2) is 5.65 Å². The molecule has 0 radical (unpaired) electrons. The maximum atomic E-state index is 12.6. The first kappa shape index (κ1) is 17.5. The SMILES string of the molecule is CCc1c(C)nc2cc(C3CCN(C(=O)c4ccnn4C)CC3)[nH]n2c1=O. The van der Waals surface area contributed by atoms with Gasteiger partial charge < -0.3 is 4.90 Å². The number of aryl methyl sites for hydroxylation is 2.